The summed E-state index contributed by atoms with van der Waals surface area (Å²) in [5.74, 6) is 6.87. The van der Waals surface area contributed by atoms with Gasteiger partial charge in [0, 0.05) is 19.3 Å². The van der Waals surface area contributed by atoms with Gasteiger partial charge >= 0.3 is 0 Å². The molecule has 3 rings (SSSR count). The van der Waals surface area contributed by atoms with E-state index in [-0.39, 0.29) is 0 Å². The third-order valence-electron chi connectivity index (χ3n) is 2.89. The maximum absolute atomic E-state index is 5.42. The fraction of sp³-hybridized carbons (Fsp3) is 0.400. The number of hydrogen-bond acceptors (Lipinski definition) is 7. The molecule has 2 aromatic heterocycles. The number of nitrogens with two attached hydrogens (primary N) is 1. The molecule has 1 aliphatic heterocycles. The Hall–Kier alpha value is -1.49. The van der Waals surface area contributed by atoms with Crippen LogP contribution in [0.5, 0.6) is 0 Å². The van der Waals surface area contributed by atoms with Crippen molar-refractivity contribution in [3.63, 3.8) is 0 Å². The highest BCUT2D eigenvalue weighted by Crippen LogP contribution is 2.18. The van der Waals surface area contributed by atoms with Gasteiger partial charge in [-0.05, 0) is 35.4 Å². The second-order valence-corrected chi connectivity index (χ2v) is 5.45. The van der Waals surface area contributed by atoms with Gasteiger partial charge in [0.1, 0.15) is 0 Å². The molecule has 0 aliphatic carbocycles. The normalized spacial score (nSPS) is 14.9. The summed E-state index contributed by atoms with van der Waals surface area (Å²) in [4.78, 5) is 15.1. The minimum atomic E-state index is 0.345. The number of nitrogens with zero attached hydrogens (tertiary/aromatic N) is 6. The smallest absolute Gasteiger partial charge is 0.257 e. The first-order valence-corrected chi connectivity index (χ1v) is 7.02. The number of anilines is 2. The lowest BCUT2D eigenvalue weighted by atomic mass is 10.4. The first kappa shape index (κ1) is 12.5. The van der Waals surface area contributed by atoms with E-state index in [1.807, 2.05) is 6.20 Å². The molecule has 0 atom stereocenters. The highest BCUT2D eigenvalue weighted by Gasteiger charge is 2.18. The second-order valence-electron chi connectivity index (χ2n) is 4.20. The molecule has 0 bridgehead atoms. The van der Waals surface area contributed by atoms with Crippen molar-refractivity contribution in [3.8, 4) is 5.95 Å². The summed E-state index contributed by atoms with van der Waals surface area (Å²) in [6, 6.07) is 0. The monoisotopic (exact) mass is 372 g/mol. The molecule has 3 heterocycles. The van der Waals surface area contributed by atoms with Crippen LogP contribution < -0.4 is 16.2 Å². The van der Waals surface area contributed by atoms with Gasteiger partial charge in [0.2, 0.25) is 11.9 Å². The molecule has 1 fully saturated rings. The maximum Gasteiger partial charge on any atom is 0.257 e. The molecule has 2 aromatic rings. The highest BCUT2D eigenvalue weighted by molar-refractivity contribution is 14.1. The van der Waals surface area contributed by atoms with Gasteiger partial charge in [-0.3, -0.25) is 5.43 Å². The van der Waals surface area contributed by atoms with E-state index in [0.29, 0.717) is 17.8 Å². The standard InChI is InChI=1S/C10H13IN8/c11-7-5-13-19(6-7)10-15-8(17-12)14-9(16-10)18-3-1-2-4-18/h5-6H,1-4,12H2,(H,14,15,16,17). The third-order valence-corrected chi connectivity index (χ3v) is 3.44. The van der Waals surface area contributed by atoms with Crippen LogP contribution in [0.3, 0.4) is 0 Å². The zero-order valence-electron chi connectivity index (χ0n) is 10.1. The van der Waals surface area contributed by atoms with E-state index in [2.05, 4.69) is 53.0 Å². The lowest BCUT2D eigenvalue weighted by molar-refractivity contribution is 0.779. The van der Waals surface area contributed by atoms with E-state index in [1.165, 1.54) is 0 Å². The number of aromatic nitrogens is 5. The van der Waals surface area contributed by atoms with Crippen LogP contribution >= 0.6 is 22.6 Å². The van der Waals surface area contributed by atoms with E-state index in [9.17, 15) is 0 Å². The van der Waals surface area contributed by atoms with Gasteiger partial charge in [0.05, 0.1) is 9.77 Å². The van der Waals surface area contributed by atoms with Crippen LogP contribution in [0.4, 0.5) is 11.9 Å². The second kappa shape index (κ2) is 5.25. The topological polar surface area (TPSA) is 97.8 Å². The largest absolute Gasteiger partial charge is 0.341 e. The predicted molar refractivity (Wildman–Crippen MR) is 78.9 cm³/mol. The first-order valence-electron chi connectivity index (χ1n) is 5.94. The summed E-state index contributed by atoms with van der Waals surface area (Å²) in [5.41, 5.74) is 2.48. The lowest BCUT2D eigenvalue weighted by Crippen LogP contribution is -2.23. The van der Waals surface area contributed by atoms with Gasteiger partial charge < -0.3 is 4.90 Å². The van der Waals surface area contributed by atoms with Gasteiger partial charge in [-0.2, -0.15) is 20.1 Å². The van der Waals surface area contributed by atoms with Crippen molar-refractivity contribution in [1.29, 1.82) is 0 Å². The molecule has 9 heteroatoms. The Morgan fingerprint density at radius 1 is 1.16 bits per heavy atom. The van der Waals surface area contributed by atoms with E-state index < -0.39 is 0 Å². The molecule has 0 unspecified atom stereocenters. The molecule has 0 saturated carbocycles. The number of nitrogen functional groups attached to an aromatic ring is 1. The van der Waals surface area contributed by atoms with Crippen LogP contribution in [0.15, 0.2) is 12.4 Å². The number of nitrogens with one attached hydrogen (secondary N) is 1. The first-order chi connectivity index (χ1) is 9.26. The van der Waals surface area contributed by atoms with Crippen molar-refractivity contribution in [1.82, 2.24) is 24.7 Å². The molecule has 0 aromatic carbocycles. The average Bonchev–Trinajstić information content (AvgIpc) is 3.09. The quantitative estimate of drug-likeness (QED) is 0.461. The summed E-state index contributed by atoms with van der Waals surface area (Å²) in [7, 11) is 0. The zero-order chi connectivity index (χ0) is 13.2. The van der Waals surface area contributed by atoms with Gasteiger partial charge in [0.15, 0.2) is 0 Å². The minimum Gasteiger partial charge on any atom is -0.341 e. The van der Waals surface area contributed by atoms with Crippen LogP contribution in [0.25, 0.3) is 5.95 Å². The van der Waals surface area contributed by atoms with Crippen LogP contribution in [0, 0.1) is 3.57 Å². The maximum atomic E-state index is 5.42. The highest BCUT2D eigenvalue weighted by atomic mass is 127. The van der Waals surface area contributed by atoms with Crippen molar-refractivity contribution >= 4 is 34.5 Å². The van der Waals surface area contributed by atoms with Gasteiger partial charge in [-0.25, -0.2) is 10.5 Å². The minimum absolute atomic E-state index is 0.345. The predicted octanol–water partition coefficient (Wildman–Crippen LogP) is 0.548. The van der Waals surface area contributed by atoms with E-state index in [1.54, 1.807) is 10.9 Å². The molecule has 0 radical (unpaired) electrons. The van der Waals surface area contributed by atoms with E-state index >= 15 is 0 Å². The molecular weight excluding hydrogens is 359 g/mol. The van der Waals surface area contributed by atoms with Gasteiger partial charge in [-0.1, -0.05) is 0 Å². The van der Waals surface area contributed by atoms with Crippen molar-refractivity contribution in [3.05, 3.63) is 16.0 Å². The van der Waals surface area contributed by atoms with Gasteiger partial charge in [-0.15, -0.1) is 0 Å². The molecule has 100 valence electrons. The molecule has 1 aliphatic rings. The summed E-state index contributed by atoms with van der Waals surface area (Å²) in [6.07, 6.45) is 5.91. The van der Waals surface area contributed by atoms with Crippen LogP contribution in [0.2, 0.25) is 0 Å². The van der Waals surface area contributed by atoms with Gasteiger partial charge in [0.25, 0.3) is 5.95 Å². The Morgan fingerprint density at radius 2 is 1.89 bits per heavy atom. The Morgan fingerprint density at radius 3 is 2.53 bits per heavy atom. The summed E-state index contributed by atoms with van der Waals surface area (Å²) < 4.78 is 2.63. The summed E-state index contributed by atoms with van der Waals surface area (Å²) in [5, 5.41) is 4.20. The molecular formula is C10H13IN8. The lowest BCUT2D eigenvalue weighted by Gasteiger charge is -2.16. The fourth-order valence-corrected chi connectivity index (χ4v) is 2.38. The number of hydrazine groups is 1. The number of rotatable bonds is 3. The van der Waals surface area contributed by atoms with Crippen LogP contribution in [0.1, 0.15) is 12.8 Å². The van der Waals surface area contributed by atoms with E-state index in [0.717, 1.165) is 29.5 Å². The number of halogens is 1. The molecule has 3 N–H and O–H groups in total. The molecule has 19 heavy (non-hydrogen) atoms. The fourth-order valence-electron chi connectivity index (χ4n) is 1.99. The molecule has 1 saturated heterocycles. The third kappa shape index (κ3) is 2.61. The zero-order valence-corrected chi connectivity index (χ0v) is 12.3. The Labute approximate surface area is 123 Å². The molecule has 0 spiro atoms. The van der Waals surface area contributed by atoms with Crippen molar-refractivity contribution in [2.45, 2.75) is 12.8 Å². The molecule has 0 amide bonds. The van der Waals surface area contributed by atoms with Crippen LogP contribution in [-0.4, -0.2) is 37.8 Å². The van der Waals surface area contributed by atoms with Crippen molar-refractivity contribution in [2.24, 2.45) is 5.84 Å². The van der Waals surface area contributed by atoms with E-state index in [4.69, 9.17) is 5.84 Å². The Bertz CT molecular complexity index is 577. The van der Waals surface area contributed by atoms with Crippen molar-refractivity contribution < 1.29 is 0 Å². The SMILES string of the molecule is NNc1nc(N2CCCC2)nc(-n2cc(I)cn2)n1. The van der Waals surface area contributed by atoms with Crippen molar-refractivity contribution in [2.75, 3.05) is 23.4 Å². The summed E-state index contributed by atoms with van der Waals surface area (Å²) in [6.45, 7) is 1.92. The summed E-state index contributed by atoms with van der Waals surface area (Å²) >= 11 is 2.19. The molecule has 8 nitrogen and oxygen atoms in total. The average molecular weight is 372 g/mol. The Balaban J connectivity index is 2.01. The number of hydrogen-bond donors (Lipinski definition) is 2. The Kier molecular flexibility index (Phi) is 3.46. The van der Waals surface area contributed by atoms with Crippen LogP contribution in [-0.2, 0) is 0 Å².